The van der Waals surface area contributed by atoms with Gasteiger partial charge in [-0.1, -0.05) is 37.3 Å². The van der Waals surface area contributed by atoms with Gasteiger partial charge in [0.1, 0.15) is 0 Å². The maximum atomic E-state index is 11.7. The highest BCUT2D eigenvalue weighted by Crippen LogP contribution is 2.17. The van der Waals surface area contributed by atoms with Crippen molar-refractivity contribution >= 4 is 5.97 Å². The van der Waals surface area contributed by atoms with Crippen molar-refractivity contribution in [2.75, 3.05) is 0 Å². The molecule has 0 aromatic heterocycles. The molecule has 2 nitrogen and oxygen atoms in total. The van der Waals surface area contributed by atoms with Gasteiger partial charge in [-0.15, -0.1) is 0 Å². The third-order valence-electron chi connectivity index (χ3n) is 2.55. The highest BCUT2D eigenvalue weighted by atomic mass is 16.5. The number of hydrogen-bond donors (Lipinski definition) is 0. The molecule has 0 spiro atoms. The van der Waals surface area contributed by atoms with Crippen LogP contribution in [0.3, 0.4) is 0 Å². The number of benzene rings is 1. The van der Waals surface area contributed by atoms with Gasteiger partial charge in [-0.25, -0.2) is 0 Å². The number of carbonyl (C=O) groups excluding carboxylic acids is 1. The second-order valence-corrected chi connectivity index (χ2v) is 3.79. The van der Waals surface area contributed by atoms with Crippen molar-refractivity contribution in [3.8, 4) is 0 Å². The average Bonchev–Trinajstić information content (AvgIpc) is 2.29. The normalized spacial score (nSPS) is 14.3. The minimum Gasteiger partial charge on any atom is -0.462 e. The largest absolute Gasteiger partial charge is 0.462 e. The second kappa shape index (κ2) is 5.54. The number of hydrogen-bond acceptors (Lipinski definition) is 2. The van der Waals surface area contributed by atoms with Gasteiger partial charge in [0.25, 0.3) is 0 Å². The Balaban J connectivity index is 2.61. The number of esters is 1. The molecule has 0 bridgehead atoms. The van der Waals surface area contributed by atoms with Gasteiger partial charge >= 0.3 is 5.97 Å². The van der Waals surface area contributed by atoms with E-state index >= 15 is 0 Å². The third-order valence-corrected chi connectivity index (χ3v) is 2.55. The molecule has 0 saturated heterocycles. The Labute approximate surface area is 91.3 Å². The van der Waals surface area contributed by atoms with E-state index in [2.05, 4.69) is 0 Å². The first kappa shape index (κ1) is 11.8. The molecule has 1 unspecified atom stereocenters. The molecule has 0 aliphatic carbocycles. The highest BCUT2D eigenvalue weighted by molar-refractivity contribution is 5.77. The molecule has 0 fully saturated rings. The third kappa shape index (κ3) is 3.39. The van der Waals surface area contributed by atoms with Gasteiger partial charge in [0.2, 0.25) is 0 Å². The number of carbonyl (C=O) groups is 1. The zero-order chi connectivity index (χ0) is 11.3. The van der Waals surface area contributed by atoms with Crippen LogP contribution in [0.15, 0.2) is 30.3 Å². The molecule has 0 saturated carbocycles. The summed E-state index contributed by atoms with van der Waals surface area (Å²) >= 11 is 0. The first-order chi connectivity index (χ1) is 7.15. The van der Waals surface area contributed by atoms with E-state index in [-0.39, 0.29) is 18.0 Å². The van der Waals surface area contributed by atoms with Gasteiger partial charge in [-0.3, -0.25) is 4.79 Å². The van der Waals surface area contributed by atoms with Gasteiger partial charge < -0.3 is 4.74 Å². The predicted molar refractivity (Wildman–Crippen MR) is 60.7 cm³/mol. The SMILES string of the molecule is CCC(C)OC(=O)[C@@H](C)c1ccccc1. The topological polar surface area (TPSA) is 26.3 Å². The lowest BCUT2D eigenvalue weighted by molar-refractivity contribution is -0.149. The second-order valence-electron chi connectivity index (χ2n) is 3.79. The fraction of sp³-hybridized carbons (Fsp3) is 0.462. The summed E-state index contributed by atoms with van der Waals surface area (Å²) in [5.74, 6) is -0.323. The van der Waals surface area contributed by atoms with Crippen molar-refractivity contribution in [3.05, 3.63) is 35.9 Å². The molecule has 0 aliphatic rings. The molecular weight excluding hydrogens is 188 g/mol. The van der Waals surface area contributed by atoms with E-state index < -0.39 is 0 Å². The van der Waals surface area contributed by atoms with Crippen molar-refractivity contribution in [1.29, 1.82) is 0 Å². The molecular formula is C13H18O2. The first-order valence-electron chi connectivity index (χ1n) is 5.40. The van der Waals surface area contributed by atoms with Gasteiger partial charge in [0.05, 0.1) is 12.0 Å². The van der Waals surface area contributed by atoms with Gasteiger partial charge in [-0.2, -0.15) is 0 Å². The minimum absolute atomic E-state index is 0.00339. The van der Waals surface area contributed by atoms with Crippen LogP contribution < -0.4 is 0 Å². The smallest absolute Gasteiger partial charge is 0.313 e. The Bertz CT molecular complexity index is 306. The Morgan fingerprint density at radius 2 is 1.87 bits per heavy atom. The van der Waals surface area contributed by atoms with Crippen LogP contribution in [0.5, 0.6) is 0 Å². The predicted octanol–water partition coefficient (Wildman–Crippen LogP) is 3.13. The van der Waals surface area contributed by atoms with Gasteiger partial charge in [-0.05, 0) is 25.8 Å². The van der Waals surface area contributed by atoms with Crippen molar-refractivity contribution in [1.82, 2.24) is 0 Å². The lowest BCUT2D eigenvalue weighted by Gasteiger charge is -2.15. The average molecular weight is 206 g/mol. The van der Waals surface area contributed by atoms with Crippen LogP contribution in [0.2, 0.25) is 0 Å². The summed E-state index contributed by atoms with van der Waals surface area (Å²) in [6, 6.07) is 9.70. The maximum Gasteiger partial charge on any atom is 0.313 e. The van der Waals surface area contributed by atoms with Crippen LogP contribution in [-0.2, 0) is 9.53 Å². The van der Waals surface area contributed by atoms with Crippen LogP contribution in [-0.4, -0.2) is 12.1 Å². The lowest BCUT2D eigenvalue weighted by atomic mass is 10.0. The number of rotatable bonds is 4. The summed E-state index contributed by atoms with van der Waals surface area (Å²) in [4.78, 5) is 11.7. The molecule has 2 heteroatoms. The van der Waals surface area contributed by atoms with E-state index in [1.807, 2.05) is 51.1 Å². The molecule has 0 N–H and O–H groups in total. The molecule has 15 heavy (non-hydrogen) atoms. The van der Waals surface area contributed by atoms with Crippen molar-refractivity contribution < 1.29 is 9.53 Å². The van der Waals surface area contributed by atoms with Crippen LogP contribution >= 0.6 is 0 Å². The van der Waals surface area contributed by atoms with Crippen molar-refractivity contribution in [3.63, 3.8) is 0 Å². The summed E-state index contributed by atoms with van der Waals surface area (Å²) < 4.78 is 5.28. The monoisotopic (exact) mass is 206 g/mol. The molecule has 0 heterocycles. The lowest BCUT2D eigenvalue weighted by Crippen LogP contribution is -2.19. The fourth-order valence-electron chi connectivity index (χ4n) is 1.26. The molecule has 1 aromatic rings. The van der Waals surface area contributed by atoms with Gasteiger partial charge in [0, 0.05) is 0 Å². The van der Waals surface area contributed by atoms with E-state index in [4.69, 9.17) is 4.74 Å². The Hall–Kier alpha value is -1.31. The van der Waals surface area contributed by atoms with E-state index in [1.165, 1.54) is 0 Å². The summed E-state index contributed by atoms with van der Waals surface area (Å²) in [5.41, 5.74) is 1.01. The maximum absolute atomic E-state index is 11.7. The molecule has 0 radical (unpaired) electrons. The quantitative estimate of drug-likeness (QED) is 0.707. The van der Waals surface area contributed by atoms with E-state index in [9.17, 15) is 4.79 Å². The molecule has 0 amide bonds. The Morgan fingerprint density at radius 1 is 1.27 bits per heavy atom. The molecule has 0 aliphatic heterocycles. The molecule has 2 atom stereocenters. The standard InChI is InChI=1S/C13H18O2/c1-4-10(2)15-13(14)11(3)12-8-6-5-7-9-12/h5-11H,4H2,1-3H3/t10?,11-/m0/s1. The number of ether oxygens (including phenoxy) is 1. The van der Waals surface area contributed by atoms with Crippen LogP contribution in [0.25, 0.3) is 0 Å². The summed E-state index contributed by atoms with van der Waals surface area (Å²) in [7, 11) is 0. The van der Waals surface area contributed by atoms with E-state index in [1.54, 1.807) is 0 Å². The minimum atomic E-state index is -0.180. The summed E-state index contributed by atoms with van der Waals surface area (Å²) in [6.07, 6.45) is 0.858. The Kier molecular flexibility index (Phi) is 4.35. The molecule has 1 aromatic carbocycles. The zero-order valence-electron chi connectivity index (χ0n) is 9.57. The van der Waals surface area contributed by atoms with E-state index in [0.717, 1.165) is 12.0 Å². The summed E-state index contributed by atoms with van der Waals surface area (Å²) in [5, 5.41) is 0. The molecule has 1 rings (SSSR count). The highest BCUT2D eigenvalue weighted by Gasteiger charge is 2.17. The first-order valence-corrected chi connectivity index (χ1v) is 5.40. The Morgan fingerprint density at radius 3 is 2.40 bits per heavy atom. The van der Waals surface area contributed by atoms with Gasteiger partial charge in [0.15, 0.2) is 0 Å². The van der Waals surface area contributed by atoms with Crippen molar-refractivity contribution in [2.24, 2.45) is 0 Å². The van der Waals surface area contributed by atoms with Crippen LogP contribution in [0.1, 0.15) is 38.7 Å². The molecule has 82 valence electrons. The van der Waals surface area contributed by atoms with Crippen LogP contribution in [0.4, 0.5) is 0 Å². The fourth-order valence-corrected chi connectivity index (χ4v) is 1.26. The summed E-state index contributed by atoms with van der Waals surface area (Å²) in [6.45, 7) is 5.79. The van der Waals surface area contributed by atoms with Crippen LogP contribution in [0, 0.1) is 0 Å². The van der Waals surface area contributed by atoms with Crippen molar-refractivity contribution in [2.45, 2.75) is 39.2 Å². The van der Waals surface area contributed by atoms with E-state index in [0.29, 0.717) is 0 Å². The zero-order valence-corrected chi connectivity index (χ0v) is 9.57.